The fourth-order valence-electron chi connectivity index (χ4n) is 3.23. The lowest BCUT2D eigenvalue weighted by molar-refractivity contribution is -0.137. The normalized spacial score (nSPS) is 16.6. The van der Waals surface area contributed by atoms with Crippen LogP contribution in [0.5, 0.6) is 0 Å². The van der Waals surface area contributed by atoms with Crippen molar-refractivity contribution in [2.24, 2.45) is 5.92 Å². The van der Waals surface area contributed by atoms with Gasteiger partial charge in [0.25, 0.3) is 5.91 Å². The van der Waals surface area contributed by atoms with E-state index in [1.807, 2.05) is 7.05 Å². The highest BCUT2D eigenvalue weighted by Gasteiger charge is 2.31. The summed E-state index contributed by atoms with van der Waals surface area (Å²) in [6.45, 7) is 2.15. The van der Waals surface area contributed by atoms with E-state index in [0.29, 0.717) is 24.6 Å². The molecule has 1 amide bonds. The zero-order valence-electron chi connectivity index (χ0n) is 15.3. The number of nitrogens with zero attached hydrogens (tertiary/aromatic N) is 2. The molecule has 2 heterocycles. The minimum Gasteiger partial charge on any atom is -0.340 e. The Bertz CT molecular complexity index is 816. The predicted octanol–water partition coefficient (Wildman–Crippen LogP) is 3.95. The number of alkyl halides is 3. The van der Waals surface area contributed by atoms with Crippen LogP contribution in [-0.4, -0.2) is 42.5 Å². The van der Waals surface area contributed by atoms with E-state index < -0.39 is 11.7 Å². The number of halogens is 4. The summed E-state index contributed by atoms with van der Waals surface area (Å²) in [6, 6.07) is 8.11. The first-order valence-corrected chi connectivity index (χ1v) is 8.71. The Morgan fingerprint density at radius 2 is 2.07 bits per heavy atom. The number of likely N-dealkylation sites (tertiary alicyclic amines) is 1. The Hall–Kier alpha value is -2.32. The molecule has 1 aromatic carbocycles. The second-order valence-electron chi connectivity index (χ2n) is 6.57. The molecule has 0 aliphatic carbocycles. The van der Waals surface area contributed by atoms with Gasteiger partial charge in [0, 0.05) is 25.0 Å². The van der Waals surface area contributed by atoms with Crippen LogP contribution in [0, 0.1) is 5.92 Å². The lowest BCUT2D eigenvalue weighted by Gasteiger charge is -2.19. The lowest BCUT2D eigenvalue weighted by Crippen LogP contribution is -2.31. The van der Waals surface area contributed by atoms with Crippen LogP contribution >= 0.6 is 12.4 Å². The van der Waals surface area contributed by atoms with Gasteiger partial charge in [0.15, 0.2) is 0 Å². The van der Waals surface area contributed by atoms with E-state index >= 15 is 0 Å². The zero-order chi connectivity index (χ0) is 19.4. The summed E-state index contributed by atoms with van der Waals surface area (Å²) in [5.74, 6) is 0.477. The molecular formula is C19H22ClF3N4O. The zero-order valence-corrected chi connectivity index (χ0v) is 16.1. The molecule has 152 valence electrons. The van der Waals surface area contributed by atoms with E-state index in [-0.39, 0.29) is 29.8 Å². The molecule has 28 heavy (non-hydrogen) atoms. The molecule has 0 radical (unpaired) electrons. The average molecular weight is 415 g/mol. The van der Waals surface area contributed by atoms with Crippen LogP contribution in [0.4, 0.5) is 24.7 Å². The van der Waals surface area contributed by atoms with Crippen molar-refractivity contribution in [3.05, 3.63) is 53.7 Å². The fourth-order valence-corrected chi connectivity index (χ4v) is 3.23. The number of pyridine rings is 1. The number of aromatic nitrogens is 1. The van der Waals surface area contributed by atoms with Crippen LogP contribution in [-0.2, 0) is 6.18 Å². The lowest BCUT2D eigenvalue weighted by atomic mass is 10.1. The summed E-state index contributed by atoms with van der Waals surface area (Å²) in [5.41, 5.74) is -0.183. The Morgan fingerprint density at radius 3 is 2.79 bits per heavy atom. The van der Waals surface area contributed by atoms with Crippen LogP contribution in [0.3, 0.4) is 0 Å². The minimum absolute atomic E-state index is 0. The van der Waals surface area contributed by atoms with Gasteiger partial charge in [-0.25, -0.2) is 4.98 Å². The highest BCUT2D eigenvalue weighted by molar-refractivity contribution is 5.99. The van der Waals surface area contributed by atoms with Gasteiger partial charge in [-0.05, 0) is 56.3 Å². The fraction of sp³-hybridized carbons (Fsp3) is 0.368. The van der Waals surface area contributed by atoms with Crippen LogP contribution in [0.25, 0.3) is 0 Å². The van der Waals surface area contributed by atoms with Crippen LogP contribution in [0.1, 0.15) is 22.3 Å². The molecule has 3 rings (SSSR count). The number of nitrogens with one attached hydrogen (secondary N) is 2. The Labute approximate surface area is 167 Å². The molecule has 9 heteroatoms. The largest absolute Gasteiger partial charge is 0.416 e. The summed E-state index contributed by atoms with van der Waals surface area (Å²) in [5, 5.41) is 5.97. The van der Waals surface area contributed by atoms with Crippen molar-refractivity contribution < 1.29 is 18.0 Å². The third-order valence-electron chi connectivity index (χ3n) is 4.56. The van der Waals surface area contributed by atoms with E-state index in [1.54, 1.807) is 17.0 Å². The molecule has 2 N–H and O–H groups in total. The quantitative estimate of drug-likeness (QED) is 0.778. The van der Waals surface area contributed by atoms with Crippen LogP contribution in [0.15, 0.2) is 42.6 Å². The van der Waals surface area contributed by atoms with Gasteiger partial charge >= 0.3 is 6.18 Å². The Kier molecular flexibility index (Phi) is 7.26. The van der Waals surface area contributed by atoms with E-state index in [9.17, 15) is 18.0 Å². The maximum atomic E-state index is 12.9. The molecule has 1 aromatic heterocycles. The first-order valence-electron chi connectivity index (χ1n) is 8.71. The first kappa shape index (κ1) is 22.0. The summed E-state index contributed by atoms with van der Waals surface area (Å²) < 4.78 is 38.7. The van der Waals surface area contributed by atoms with Gasteiger partial charge in [0.1, 0.15) is 5.82 Å². The maximum Gasteiger partial charge on any atom is 0.416 e. The molecule has 2 aromatic rings. The third kappa shape index (κ3) is 5.14. The van der Waals surface area contributed by atoms with Crippen molar-refractivity contribution in [1.82, 2.24) is 15.2 Å². The van der Waals surface area contributed by atoms with E-state index in [2.05, 4.69) is 15.6 Å². The number of carbonyl (C=O) groups excluding carboxylic acids is 1. The van der Waals surface area contributed by atoms with Crippen molar-refractivity contribution in [2.45, 2.75) is 12.6 Å². The Morgan fingerprint density at radius 1 is 1.29 bits per heavy atom. The van der Waals surface area contributed by atoms with Gasteiger partial charge in [-0.2, -0.15) is 13.2 Å². The SMILES string of the molecule is CNCC1CCN(C(=O)c2cccnc2Nc2cccc(C(F)(F)F)c2)C1.Cl. The number of benzene rings is 1. The second kappa shape index (κ2) is 9.25. The smallest absolute Gasteiger partial charge is 0.340 e. The van der Waals surface area contributed by atoms with Crippen LogP contribution < -0.4 is 10.6 Å². The molecule has 0 bridgehead atoms. The molecule has 0 saturated carbocycles. The highest BCUT2D eigenvalue weighted by Crippen LogP contribution is 2.31. The molecule has 1 saturated heterocycles. The van der Waals surface area contributed by atoms with E-state index in [4.69, 9.17) is 0 Å². The van der Waals surface area contributed by atoms with Gasteiger partial charge in [-0.1, -0.05) is 6.07 Å². The third-order valence-corrected chi connectivity index (χ3v) is 4.56. The molecular weight excluding hydrogens is 393 g/mol. The van der Waals surface area contributed by atoms with Crippen LogP contribution in [0.2, 0.25) is 0 Å². The first-order chi connectivity index (χ1) is 12.9. The molecule has 0 spiro atoms. The maximum absolute atomic E-state index is 12.9. The van der Waals surface area contributed by atoms with E-state index in [0.717, 1.165) is 25.1 Å². The molecule has 1 unspecified atom stereocenters. The monoisotopic (exact) mass is 414 g/mol. The van der Waals surface area contributed by atoms with Gasteiger partial charge in [0.05, 0.1) is 11.1 Å². The minimum atomic E-state index is -4.43. The number of hydrogen-bond acceptors (Lipinski definition) is 4. The Balaban J connectivity index is 0.00000280. The molecule has 1 atom stereocenters. The number of amides is 1. The highest BCUT2D eigenvalue weighted by atomic mass is 35.5. The molecule has 1 aliphatic heterocycles. The molecule has 1 fully saturated rings. The molecule has 5 nitrogen and oxygen atoms in total. The van der Waals surface area contributed by atoms with Gasteiger partial charge in [-0.3, -0.25) is 4.79 Å². The second-order valence-corrected chi connectivity index (χ2v) is 6.57. The van der Waals surface area contributed by atoms with Gasteiger partial charge in [-0.15, -0.1) is 12.4 Å². The van der Waals surface area contributed by atoms with Crippen molar-refractivity contribution in [2.75, 3.05) is 32.0 Å². The van der Waals surface area contributed by atoms with Gasteiger partial charge in [0.2, 0.25) is 0 Å². The predicted molar refractivity (Wildman–Crippen MR) is 104 cm³/mol. The summed E-state index contributed by atoms with van der Waals surface area (Å²) in [7, 11) is 1.88. The summed E-state index contributed by atoms with van der Waals surface area (Å²) in [4.78, 5) is 18.8. The number of anilines is 2. The van der Waals surface area contributed by atoms with Gasteiger partial charge < -0.3 is 15.5 Å². The standard InChI is InChI=1S/C19H21F3N4O.ClH/c1-23-11-13-7-9-26(12-13)18(27)16-6-3-8-24-17(16)25-15-5-2-4-14(10-15)19(20,21)22;/h2-6,8,10,13,23H,7,9,11-12H2,1H3,(H,24,25);1H. The summed E-state index contributed by atoms with van der Waals surface area (Å²) in [6.07, 6.45) is -2.01. The number of rotatable bonds is 5. The van der Waals surface area contributed by atoms with Crippen molar-refractivity contribution in [1.29, 1.82) is 0 Å². The number of hydrogen-bond donors (Lipinski definition) is 2. The van der Waals surface area contributed by atoms with Crippen molar-refractivity contribution in [3.8, 4) is 0 Å². The van der Waals surface area contributed by atoms with Crippen molar-refractivity contribution >= 4 is 29.8 Å². The summed E-state index contributed by atoms with van der Waals surface area (Å²) >= 11 is 0. The average Bonchev–Trinajstić information content (AvgIpc) is 3.10. The molecule has 1 aliphatic rings. The topological polar surface area (TPSA) is 57.3 Å². The number of carbonyl (C=O) groups is 1. The van der Waals surface area contributed by atoms with Crippen molar-refractivity contribution in [3.63, 3.8) is 0 Å². The van der Waals surface area contributed by atoms with E-state index in [1.165, 1.54) is 18.3 Å².